The third-order valence-corrected chi connectivity index (χ3v) is 7.10. The fourth-order valence-corrected chi connectivity index (χ4v) is 4.80. The zero-order chi connectivity index (χ0) is 28.6. The zero-order valence-corrected chi connectivity index (χ0v) is 22.4. The van der Waals surface area contributed by atoms with Crippen molar-refractivity contribution < 1.29 is 31.2 Å². The standard InChI is InChI=1S/C28H30F3N3O4S/c1-3-15-32-28(36)26(16-20-7-5-4-6-8-20)33(18-21-9-11-22(29)12-10-21)27(35)19-34(39(2,37)38)23-13-14-24(30)25(31)17-23/h4-14,17,26H,3,15-16,18-19H2,1-2H3,(H,32,36). The second-order valence-corrected chi connectivity index (χ2v) is 10.9. The van der Waals surface area contributed by atoms with Crippen LogP contribution in [0.5, 0.6) is 0 Å². The Labute approximate surface area is 226 Å². The fraction of sp³-hybridized carbons (Fsp3) is 0.286. The van der Waals surface area contributed by atoms with E-state index in [1.165, 1.54) is 29.2 Å². The molecule has 0 saturated heterocycles. The minimum Gasteiger partial charge on any atom is -0.354 e. The van der Waals surface area contributed by atoms with Crippen molar-refractivity contribution in [3.63, 3.8) is 0 Å². The van der Waals surface area contributed by atoms with Crippen LogP contribution in [-0.4, -0.2) is 50.5 Å². The van der Waals surface area contributed by atoms with Crippen molar-refractivity contribution in [2.75, 3.05) is 23.7 Å². The Balaban J connectivity index is 2.04. The van der Waals surface area contributed by atoms with E-state index < -0.39 is 51.9 Å². The van der Waals surface area contributed by atoms with Gasteiger partial charge in [0.15, 0.2) is 11.6 Å². The van der Waals surface area contributed by atoms with Crippen molar-refractivity contribution in [2.45, 2.75) is 32.4 Å². The smallest absolute Gasteiger partial charge is 0.244 e. The number of anilines is 1. The van der Waals surface area contributed by atoms with Crippen LogP contribution in [0.2, 0.25) is 0 Å². The minimum absolute atomic E-state index is 0.118. The van der Waals surface area contributed by atoms with Gasteiger partial charge in [0, 0.05) is 25.6 Å². The highest BCUT2D eigenvalue weighted by Crippen LogP contribution is 2.22. The lowest BCUT2D eigenvalue weighted by Gasteiger charge is -2.33. The molecule has 0 saturated carbocycles. The van der Waals surface area contributed by atoms with E-state index in [-0.39, 0.29) is 18.7 Å². The highest BCUT2D eigenvalue weighted by Gasteiger charge is 2.33. The molecule has 0 aromatic heterocycles. The molecule has 3 rings (SSSR count). The van der Waals surface area contributed by atoms with Gasteiger partial charge in [-0.1, -0.05) is 49.4 Å². The van der Waals surface area contributed by atoms with Crippen LogP contribution in [0, 0.1) is 17.5 Å². The molecule has 11 heteroatoms. The van der Waals surface area contributed by atoms with E-state index in [1.807, 2.05) is 13.0 Å². The lowest BCUT2D eigenvalue weighted by molar-refractivity contribution is -0.140. The van der Waals surface area contributed by atoms with Crippen molar-refractivity contribution in [3.05, 3.63) is 101 Å². The van der Waals surface area contributed by atoms with Gasteiger partial charge in [0.05, 0.1) is 11.9 Å². The molecule has 0 aliphatic heterocycles. The van der Waals surface area contributed by atoms with Crippen LogP contribution in [0.15, 0.2) is 72.8 Å². The largest absolute Gasteiger partial charge is 0.354 e. The first-order valence-corrected chi connectivity index (χ1v) is 14.1. The van der Waals surface area contributed by atoms with Crippen molar-refractivity contribution in [1.29, 1.82) is 0 Å². The number of halogens is 3. The normalized spacial score (nSPS) is 12.0. The molecule has 39 heavy (non-hydrogen) atoms. The number of nitrogens with zero attached hydrogens (tertiary/aromatic N) is 2. The maximum absolute atomic E-state index is 14.0. The first kappa shape index (κ1) is 29.7. The third kappa shape index (κ3) is 8.31. The van der Waals surface area contributed by atoms with Gasteiger partial charge in [-0.3, -0.25) is 13.9 Å². The molecule has 0 aliphatic rings. The molecule has 1 unspecified atom stereocenters. The summed E-state index contributed by atoms with van der Waals surface area (Å²) >= 11 is 0. The van der Waals surface area contributed by atoms with Crippen LogP contribution in [0.4, 0.5) is 18.9 Å². The van der Waals surface area contributed by atoms with E-state index in [0.29, 0.717) is 28.9 Å². The van der Waals surface area contributed by atoms with Crippen molar-refractivity contribution >= 4 is 27.5 Å². The molecule has 3 aromatic carbocycles. The Hall–Kier alpha value is -3.86. The van der Waals surface area contributed by atoms with Crippen LogP contribution in [0.25, 0.3) is 0 Å². The Morgan fingerprint density at radius 1 is 0.897 bits per heavy atom. The van der Waals surface area contributed by atoms with Gasteiger partial charge < -0.3 is 10.2 Å². The second kappa shape index (κ2) is 13.3. The van der Waals surface area contributed by atoms with Crippen LogP contribution < -0.4 is 9.62 Å². The van der Waals surface area contributed by atoms with E-state index >= 15 is 0 Å². The van der Waals surface area contributed by atoms with Crippen LogP contribution in [0.3, 0.4) is 0 Å². The zero-order valence-electron chi connectivity index (χ0n) is 21.6. The summed E-state index contributed by atoms with van der Waals surface area (Å²) in [5.74, 6) is -4.15. The molecule has 0 bridgehead atoms. The molecule has 1 N–H and O–H groups in total. The van der Waals surface area contributed by atoms with Gasteiger partial charge in [0.2, 0.25) is 21.8 Å². The maximum Gasteiger partial charge on any atom is 0.244 e. The molecule has 0 radical (unpaired) electrons. The number of sulfonamides is 1. The fourth-order valence-electron chi connectivity index (χ4n) is 3.96. The number of rotatable bonds is 12. The van der Waals surface area contributed by atoms with Gasteiger partial charge in [0.1, 0.15) is 18.4 Å². The molecule has 2 amide bonds. The summed E-state index contributed by atoms with van der Waals surface area (Å²) in [5, 5.41) is 2.80. The van der Waals surface area contributed by atoms with E-state index in [0.717, 1.165) is 24.0 Å². The Morgan fingerprint density at radius 3 is 2.15 bits per heavy atom. The summed E-state index contributed by atoms with van der Waals surface area (Å²) in [5.41, 5.74) is 1.01. The van der Waals surface area contributed by atoms with Crippen molar-refractivity contribution in [1.82, 2.24) is 10.2 Å². The SMILES string of the molecule is CCCNC(=O)C(Cc1ccccc1)N(Cc1ccc(F)cc1)C(=O)CN(c1ccc(F)c(F)c1)S(C)(=O)=O. The molecular weight excluding hydrogens is 531 g/mol. The highest BCUT2D eigenvalue weighted by molar-refractivity contribution is 7.92. The predicted molar refractivity (Wildman–Crippen MR) is 143 cm³/mol. The van der Waals surface area contributed by atoms with Gasteiger partial charge in [-0.25, -0.2) is 21.6 Å². The highest BCUT2D eigenvalue weighted by atomic mass is 32.2. The van der Waals surface area contributed by atoms with E-state index in [2.05, 4.69) is 5.32 Å². The van der Waals surface area contributed by atoms with Gasteiger partial charge >= 0.3 is 0 Å². The van der Waals surface area contributed by atoms with Gasteiger partial charge in [0.25, 0.3) is 0 Å². The number of hydrogen-bond donors (Lipinski definition) is 1. The topological polar surface area (TPSA) is 86.8 Å². The maximum atomic E-state index is 14.0. The van der Waals surface area contributed by atoms with E-state index in [1.54, 1.807) is 24.3 Å². The number of amides is 2. The molecular formula is C28H30F3N3O4S. The summed E-state index contributed by atoms with van der Waals surface area (Å²) in [7, 11) is -4.13. The molecule has 7 nitrogen and oxygen atoms in total. The van der Waals surface area contributed by atoms with Gasteiger partial charge in [-0.15, -0.1) is 0 Å². The number of carbonyl (C=O) groups excluding carboxylic acids is 2. The number of carbonyl (C=O) groups is 2. The lowest BCUT2D eigenvalue weighted by atomic mass is 10.0. The monoisotopic (exact) mass is 561 g/mol. The molecule has 0 heterocycles. The minimum atomic E-state index is -4.13. The summed E-state index contributed by atoms with van der Waals surface area (Å²) in [4.78, 5) is 28.4. The molecule has 1 atom stereocenters. The average molecular weight is 562 g/mol. The molecule has 0 aliphatic carbocycles. The predicted octanol–water partition coefficient (Wildman–Crippen LogP) is 4.04. The van der Waals surface area contributed by atoms with Crippen LogP contribution in [-0.2, 0) is 32.6 Å². The Kier molecular flexibility index (Phi) is 10.1. The van der Waals surface area contributed by atoms with Crippen molar-refractivity contribution in [2.24, 2.45) is 0 Å². The first-order chi connectivity index (χ1) is 18.5. The molecule has 0 fully saturated rings. The molecule has 208 valence electrons. The Morgan fingerprint density at radius 2 is 1.56 bits per heavy atom. The van der Waals surface area contributed by atoms with Crippen LogP contribution in [0.1, 0.15) is 24.5 Å². The number of benzene rings is 3. The summed E-state index contributed by atoms with van der Waals surface area (Å²) in [6, 6.07) is 15.8. The lowest BCUT2D eigenvalue weighted by Crippen LogP contribution is -2.53. The number of hydrogen-bond acceptors (Lipinski definition) is 4. The molecule has 3 aromatic rings. The second-order valence-electron chi connectivity index (χ2n) is 9.01. The first-order valence-electron chi connectivity index (χ1n) is 12.3. The van der Waals surface area contributed by atoms with Gasteiger partial charge in [-0.2, -0.15) is 0 Å². The number of nitrogens with one attached hydrogen (secondary N) is 1. The van der Waals surface area contributed by atoms with Crippen molar-refractivity contribution in [3.8, 4) is 0 Å². The average Bonchev–Trinajstić information content (AvgIpc) is 2.90. The quantitative estimate of drug-likeness (QED) is 0.362. The summed E-state index contributed by atoms with van der Waals surface area (Å²) < 4.78 is 67.0. The van der Waals surface area contributed by atoms with Crippen LogP contribution >= 0.6 is 0 Å². The van der Waals surface area contributed by atoms with E-state index in [4.69, 9.17) is 0 Å². The summed E-state index contributed by atoms with van der Waals surface area (Å²) in [6.45, 7) is 1.32. The third-order valence-electron chi connectivity index (χ3n) is 5.96. The van der Waals surface area contributed by atoms with Gasteiger partial charge in [-0.05, 0) is 41.8 Å². The van der Waals surface area contributed by atoms with E-state index in [9.17, 15) is 31.2 Å². The Bertz CT molecular complexity index is 1390. The molecule has 0 spiro atoms. The summed E-state index contributed by atoms with van der Waals surface area (Å²) in [6.07, 6.45) is 1.60.